The van der Waals surface area contributed by atoms with E-state index in [1.165, 1.54) is 5.56 Å². The number of hydrogen-bond acceptors (Lipinski definition) is 2. The molecule has 126 valence electrons. The van der Waals surface area contributed by atoms with Crippen LogP contribution in [-0.4, -0.2) is 23.9 Å². The number of hydrogen-bond donors (Lipinski definition) is 2. The third kappa shape index (κ3) is 5.54. The number of carbonyl (C=O) groups is 2. The van der Waals surface area contributed by atoms with Gasteiger partial charge in [0.25, 0.3) is 11.8 Å². The van der Waals surface area contributed by atoms with Crippen molar-refractivity contribution in [2.75, 3.05) is 6.54 Å². The summed E-state index contributed by atoms with van der Waals surface area (Å²) < 4.78 is 0. The normalized spacial score (nSPS) is 11.0. The van der Waals surface area contributed by atoms with Gasteiger partial charge in [0.2, 0.25) is 0 Å². The summed E-state index contributed by atoms with van der Waals surface area (Å²) in [6, 6.07) is 16.8. The molecule has 24 heavy (non-hydrogen) atoms. The molecule has 0 unspecified atom stereocenters. The van der Waals surface area contributed by atoms with E-state index in [2.05, 4.69) is 10.6 Å². The van der Waals surface area contributed by atoms with Crippen LogP contribution in [-0.2, 0) is 6.42 Å². The molecule has 0 aliphatic carbocycles. The Hall–Kier alpha value is -2.62. The predicted octanol–water partition coefficient (Wildman–Crippen LogP) is 3.19. The lowest BCUT2D eigenvalue weighted by Gasteiger charge is -2.20. The molecule has 0 aliphatic rings. The van der Waals surface area contributed by atoms with Crippen molar-refractivity contribution in [3.05, 3.63) is 71.3 Å². The quantitative estimate of drug-likeness (QED) is 0.887. The molecule has 2 amide bonds. The van der Waals surface area contributed by atoms with E-state index in [9.17, 15) is 9.59 Å². The highest BCUT2D eigenvalue weighted by Gasteiger charge is 2.16. The van der Waals surface area contributed by atoms with Gasteiger partial charge in [-0.25, -0.2) is 0 Å². The van der Waals surface area contributed by atoms with E-state index in [0.29, 0.717) is 17.7 Å². The van der Waals surface area contributed by atoms with Gasteiger partial charge in [0, 0.05) is 23.2 Å². The molecule has 2 aromatic rings. The lowest BCUT2D eigenvalue weighted by molar-refractivity contribution is 0.0919. The first kappa shape index (κ1) is 17.7. The fraction of sp³-hybridized carbons (Fsp3) is 0.300. The largest absolute Gasteiger partial charge is 0.352 e. The van der Waals surface area contributed by atoms with Gasteiger partial charge in [0.15, 0.2) is 0 Å². The number of benzene rings is 2. The summed E-state index contributed by atoms with van der Waals surface area (Å²) in [6.45, 7) is 6.32. The molecule has 0 heterocycles. The zero-order valence-corrected chi connectivity index (χ0v) is 14.4. The number of nitrogens with one attached hydrogen (secondary N) is 2. The van der Waals surface area contributed by atoms with E-state index in [1.54, 1.807) is 24.3 Å². The van der Waals surface area contributed by atoms with Crippen LogP contribution in [0.1, 0.15) is 47.1 Å². The molecule has 0 aliphatic heterocycles. The van der Waals surface area contributed by atoms with E-state index >= 15 is 0 Å². The highest BCUT2D eigenvalue weighted by Crippen LogP contribution is 2.08. The number of carbonyl (C=O) groups excluding carboxylic acids is 2. The minimum atomic E-state index is -0.314. The van der Waals surface area contributed by atoms with Crippen molar-refractivity contribution in [1.82, 2.24) is 10.6 Å². The van der Waals surface area contributed by atoms with Gasteiger partial charge >= 0.3 is 0 Å². The summed E-state index contributed by atoms with van der Waals surface area (Å²) in [6.07, 6.45) is 0.775. The highest BCUT2D eigenvalue weighted by atomic mass is 16.2. The maximum atomic E-state index is 12.3. The molecule has 0 bridgehead atoms. The third-order valence-corrected chi connectivity index (χ3v) is 3.42. The average Bonchev–Trinajstić information content (AvgIpc) is 2.54. The van der Waals surface area contributed by atoms with Gasteiger partial charge in [-0.05, 0) is 51.0 Å². The van der Waals surface area contributed by atoms with Crippen LogP contribution >= 0.6 is 0 Å². The van der Waals surface area contributed by atoms with Gasteiger partial charge in [0.1, 0.15) is 0 Å². The topological polar surface area (TPSA) is 58.2 Å². The molecule has 0 spiro atoms. The lowest BCUT2D eigenvalue weighted by atomic mass is 10.1. The van der Waals surface area contributed by atoms with Crippen LogP contribution < -0.4 is 10.6 Å². The first-order chi connectivity index (χ1) is 11.3. The minimum Gasteiger partial charge on any atom is -0.352 e. The summed E-state index contributed by atoms with van der Waals surface area (Å²) in [4.78, 5) is 24.4. The van der Waals surface area contributed by atoms with Gasteiger partial charge in [-0.3, -0.25) is 9.59 Å². The van der Waals surface area contributed by atoms with Crippen LogP contribution in [0.2, 0.25) is 0 Å². The van der Waals surface area contributed by atoms with Crippen molar-refractivity contribution in [1.29, 1.82) is 0 Å². The molecule has 0 radical (unpaired) electrons. The first-order valence-electron chi connectivity index (χ1n) is 8.10. The van der Waals surface area contributed by atoms with Crippen LogP contribution in [0.4, 0.5) is 0 Å². The second-order valence-corrected chi connectivity index (χ2v) is 6.78. The van der Waals surface area contributed by atoms with E-state index in [-0.39, 0.29) is 17.4 Å². The van der Waals surface area contributed by atoms with E-state index in [4.69, 9.17) is 0 Å². The Bertz CT molecular complexity index is 703. The second kappa shape index (κ2) is 7.77. The Morgan fingerprint density at radius 1 is 0.875 bits per heavy atom. The monoisotopic (exact) mass is 324 g/mol. The van der Waals surface area contributed by atoms with Crippen molar-refractivity contribution in [3.63, 3.8) is 0 Å². The Kier molecular flexibility index (Phi) is 5.74. The Morgan fingerprint density at radius 3 is 2.12 bits per heavy atom. The molecule has 0 atom stereocenters. The summed E-state index contributed by atoms with van der Waals surface area (Å²) in [5, 5.41) is 5.79. The Morgan fingerprint density at radius 2 is 1.50 bits per heavy atom. The maximum absolute atomic E-state index is 12.3. The van der Waals surface area contributed by atoms with Crippen LogP contribution in [0, 0.1) is 0 Å². The van der Waals surface area contributed by atoms with Crippen LogP contribution in [0.5, 0.6) is 0 Å². The van der Waals surface area contributed by atoms with E-state index in [1.807, 2.05) is 51.1 Å². The Balaban J connectivity index is 1.95. The molecule has 0 saturated carbocycles. The fourth-order valence-electron chi connectivity index (χ4n) is 2.28. The molecule has 4 heteroatoms. The number of rotatable bonds is 5. The predicted molar refractivity (Wildman–Crippen MR) is 96.1 cm³/mol. The standard InChI is InChI=1S/C20H24N2O2/c1-20(2,3)22-19(24)17-11-7-10-16(14-17)18(23)21-13-12-15-8-5-4-6-9-15/h4-11,14H,12-13H2,1-3H3,(H,21,23)(H,22,24). The SMILES string of the molecule is CC(C)(C)NC(=O)c1cccc(C(=O)NCCc2ccccc2)c1. The summed E-state index contributed by atoms with van der Waals surface area (Å²) in [5.41, 5.74) is 1.84. The molecule has 2 aromatic carbocycles. The minimum absolute atomic E-state index is 0.170. The first-order valence-corrected chi connectivity index (χ1v) is 8.10. The maximum Gasteiger partial charge on any atom is 0.251 e. The van der Waals surface area contributed by atoms with Crippen molar-refractivity contribution < 1.29 is 9.59 Å². The zero-order valence-electron chi connectivity index (χ0n) is 14.4. The van der Waals surface area contributed by atoms with E-state index < -0.39 is 0 Å². The van der Waals surface area contributed by atoms with Crippen molar-refractivity contribution >= 4 is 11.8 Å². The molecule has 2 N–H and O–H groups in total. The molecule has 0 fully saturated rings. The van der Waals surface area contributed by atoms with E-state index in [0.717, 1.165) is 6.42 Å². The number of amides is 2. The lowest BCUT2D eigenvalue weighted by Crippen LogP contribution is -2.40. The highest BCUT2D eigenvalue weighted by molar-refractivity contribution is 5.99. The van der Waals surface area contributed by atoms with Gasteiger partial charge in [-0.2, -0.15) is 0 Å². The van der Waals surface area contributed by atoms with Gasteiger partial charge in [0.05, 0.1) is 0 Å². The smallest absolute Gasteiger partial charge is 0.251 e. The van der Waals surface area contributed by atoms with Crippen LogP contribution in [0.15, 0.2) is 54.6 Å². The van der Waals surface area contributed by atoms with Gasteiger partial charge in [-0.1, -0.05) is 36.4 Å². The molecular weight excluding hydrogens is 300 g/mol. The van der Waals surface area contributed by atoms with Crippen LogP contribution in [0.25, 0.3) is 0 Å². The second-order valence-electron chi connectivity index (χ2n) is 6.78. The van der Waals surface area contributed by atoms with Gasteiger partial charge < -0.3 is 10.6 Å². The average molecular weight is 324 g/mol. The van der Waals surface area contributed by atoms with Gasteiger partial charge in [-0.15, -0.1) is 0 Å². The summed E-state index contributed by atoms with van der Waals surface area (Å²) in [5.74, 6) is -0.349. The Labute approximate surface area is 143 Å². The molecule has 0 saturated heterocycles. The summed E-state index contributed by atoms with van der Waals surface area (Å²) >= 11 is 0. The van der Waals surface area contributed by atoms with Crippen molar-refractivity contribution in [3.8, 4) is 0 Å². The van der Waals surface area contributed by atoms with Crippen molar-refractivity contribution in [2.45, 2.75) is 32.7 Å². The summed E-state index contributed by atoms with van der Waals surface area (Å²) in [7, 11) is 0. The third-order valence-electron chi connectivity index (χ3n) is 3.42. The zero-order chi connectivity index (χ0) is 17.6. The van der Waals surface area contributed by atoms with Crippen LogP contribution in [0.3, 0.4) is 0 Å². The molecular formula is C20H24N2O2. The fourth-order valence-corrected chi connectivity index (χ4v) is 2.28. The molecule has 4 nitrogen and oxygen atoms in total. The van der Waals surface area contributed by atoms with Crippen molar-refractivity contribution in [2.24, 2.45) is 0 Å². The molecule has 0 aromatic heterocycles. The molecule has 2 rings (SSSR count).